The van der Waals surface area contributed by atoms with E-state index in [9.17, 15) is 27.6 Å². The second kappa shape index (κ2) is 10.1. The normalized spacial score (nSPS) is 13.9. The molecule has 1 aliphatic heterocycles. The van der Waals surface area contributed by atoms with Gasteiger partial charge in [-0.1, -0.05) is 6.08 Å². The van der Waals surface area contributed by atoms with Gasteiger partial charge in [0.25, 0.3) is 5.91 Å². The Hall–Kier alpha value is -4.02. The van der Waals surface area contributed by atoms with Gasteiger partial charge >= 0.3 is 12.1 Å². The Morgan fingerprint density at radius 1 is 1.20 bits per heavy atom. The number of ether oxygens (including phenoxy) is 3. The molecule has 0 bridgehead atoms. The minimum atomic E-state index is -4.63. The van der Waals surface area contributed by atoms with Crippen molar-refractivity contribution in [2.75, 3.05) is 31.0 Å². The molecule has 8 nitrogen and oxygen atoms in total. The van der Waals surface area contributed by atoms with Crippen molar-refractivity contribution in [1.29, 1.82) is 0 Å². The van der Waals surface area contributed by atoms with Gasteiger partial charge < -0.3 is 19.5 Å². The minimum Gasteiger partial charge on any atom is -0.493 e. The lowest BCUT2D eigenvalue weighted by Gasteiger charge is -2.31. The summed E-state index contributed by atoms with van der Waals surface area (Å²) in [6.45, 7) is 4.53. The van der Waals surface area contributed by atoms with Crippen LogP contribution in [0.3, 0.4) is 0 Å². The lowest BCUT2D eigenvalue weighted by molar-refractivity contribution is -0.137. The summed E-state index contributed by atoms with van der Waals surface area (Å²) >= 11 is 0. The fourth-order valence-corrected chi connectivity index (χ4v) is 3.63. The lowest BCUT2D eigenvalue weighted by Crippen LogP contribution is -2.47. The van der Waals surface area contributed by atoms with E-state index in [2.05, 4.69) is 11.9 Å². The number of hydrogen-bond donors (Lipinski definition) is 1. The molecule has 0 aliphatic carbocycles. The maximum Gasteiger partial charge on any atom is 0.416 e. The maximum absolute atomic E-state index is 13.0. The summed E-state index contributed by atoms with van der Waals surface area (Å²) in [6, 6.07) is 5.55. The predicted molar refractivity (Wildman–Crippen MR) is 121 cm³/mol. The fraction of sp³-hybridized carbons (Fsp3) is 0.292. The molecule has 186 valence electrons. The average Bonchev–Trinajstić information content (AvgIpc) is 2.81. The zero-order chi connectivity index (χ0) is 25.9. The number of halogens is 3. The third-order valence-electron chi connectivity index (χ3n) is 5.24. The number of rotatable bonds is 7. The monoisotopic (exact) mass is 492 g/mol. The summed E-state index contributed by atoms with van der Waals surface area (Å²) in [5.74, 6) is -1.60. The molecule has 11 heteroatoms. The first-order chi connectivity index (χ1) is 16.5. The maximum atomic E-state index is 13.0. The van der Waals surface area contributed by atoms with Crippen molar-refractivity contribution in [2.24, 2.45) is 0 Å². The predicted octanol–water partition coefficient (Wildman–Crippen LogP) is 3.98. The SMILES string of the molecule is C=CCc1cc(C(=O)OC(C)C(=O)N2CC(=O)Nc3cc(C(F)(F)F)ccc32)cc(OC)c1OC. The van der Waals surface area contributed by atoms with Crippen molar-refractivity contribution in [1.82, 2.24) is 0 Å². The van der Waals surface area contributed by atoms with Crippen molar-refractivity contribution in [3.05, 3.63) is 59.7 Å². The van der Waals surface area contributed by atoms with Crippen LogP contribution in [-0.2, 0) is 26.9 Å². The third-order valence-corrected chi connectivity index (χ3v) is 5.24. The number of anilines is 2. The molecular formula is C24H23F3N2O6. The molecule has 0 aromatic heterocycles. The Bertz CT molecular complexity index is 1180. The molecule has 35 heavy (non-hydrogen) atoms. The first kappa shape index (κ1) is 25.6. The van der Waals surface area contributed by atoms with E-state index >= 15 is 0 Å². The van der Waals surface area contributed by atoms with Gasteiger partial charge in [0, 0.05) is 5.56 Å². The minimum absolute atomic E-state index is 0.0601. The van der Waals surface area contributed by atoms with Gasteiger partial charge in [-0.05, 0) is 43.7 Å². The van der Waals surface area contributed by atoms with Gasteiger partial charge in [0.05, 0.1) is 36.7 Å². The van der Waals surface area contributed by atoms with Gasteiger partial charge in [-0.25, -0.2) is 4.79 Å². The number of nitrogens with one attached hydrogen (secondary N) is 1. The number of nitrogens with zero attached hydrogens (tertiary/aromatic N) is 1. The van der Waals surface area contributed by atoms with E-state index < -0.39 is 42.2 Å². The summed E-state index contributed by atoms with van der Waals surface area (Å²) < 4.78 is 55.1. The second-order valence-electron chi connectivity index (χ2n) is 7.61. The van der Waals surface area contributed by atoms with Crippen LogP contribution in [0.1, 0.15) is 28.4 Å². The Morgan fingerprint density at radius 2 is 1.91 bits per heavy atom. The van der Waals surface area contributed by atoms with Gasteiger partial charge in [-0.2, -0.15) is 13.2 Å². The topological polar surface area (TPSA) is 94.2 Å². The standard InChI is InChI=1S/C24H23F3N2O6/c1-5-6-14-9-15(10-19(33-3)21(14)34-4)23(32)35-13(2)22(31)29-12-20(30)28-17-11-16(24(25,26)27)7-8-18(17)29/h5,7-11,13H,1,6,12H2,2-4H3,(H,28,30). The highest BCUT2D eigenvalue weighted by Gasteiger charge is 2.35. The van der Waals surface area contributed by atoms with E-state index in [1.54, 1.807) is 6.08 Å². The molecule has 2 aromatic carbocycles. The largest absolute Gasteiger partial charge is 0.493 e. The van der Waals surface area contributed by atoms with E-state index in [1.807, 2.05) is 0 Å². The van der Waals surface area contributed by atoms with E-state index in [0.29, 0.717) is 17.7 Å². The number of benzene rings is 2. The number of esters is 1. The van der Waals surface area contributed by atoms with Crippen LogP contribution in [0.25, 0.3) is 0 Å². The van der Waals surface area contributed by atoms with Crippen LogP contribution >= 0.6 is 0 Å². The number of allylic oxidation sites excluding steroid dienone is 1. The van der Waals surface area contributed by atoms with Crippen LogP contribution in [0.5, 0.6) is 11.5 Å². The highest BCUT2D eigenvalue weighted by Crippen LogP contribution is 2.37. The quantitative estimate of drug-likeness (QED) is 0.464. The van der Waals surface area contributed by atoms with Crippen LogP contribution in [0.15, 0.2) is 43.0 Å². The van der Waals surface area contributed by atoms with Crippen LogP contribution in [0.4, 0.5) is 24.5 Å². The molecule has 1 heterocycles. The van der Waals surface area contributed by atoms with Crippen molar-refractivity contribution in [3.63, 3.8) is 0 Å². The van der Waals surface area contributed by atoms with Crippen LogP contribution in [0.2, 0.25) is 0 Å². The molecule has 2 aromatic rings. The summed E-state index contributed by atoms with van der Waals surface area (Å²) in [5, 5.41) is 2.33. The van der Waals surface area contributed by atoms with E-state index in [0.717, 1.165) is 23.1 Å². The Labute approximate surface area is 199 Å². The summed E-state index contributed by atoms with van der Waals surface area (Å²) in [6.07, 6.45) is -3.99. The zero-order valence-electron chi connectivity index (χ0n) is 19.2. The van der Waals surface area contributed by atoms with Crippen molar-refractivity contribution in [2.45, 2.75) is 25.6 Å². The average molecular weight is 492 g/mol. The van der Waals surface area contributed by atoms with Gasteiger partial charge in [-0.3, -0.25) is 14.5 Å². The van der Waals surface area contributed by atoms with Crippen LogP contribution in [0, 0.1) is 0 Å². The number of methoxy groups -OCH3 is 2. The van der Waals surface area contributed by atoms with Gasteiger partial charge in [-0.15, -0.1) is 6.58 Å². The number of carbonyl (C=O) groups is 3. The summed E-state index contributed by atoms with van der Waals surface area (Å²) in [7, 11) is 2.85. The first-order valence-corrected chi connectivity index (χ1v) is 10.4. The molecule has 0 fully saturated rings. The molecular weight excluding hydrogens is 469 g/mol. The molecule has 1 atom stereocenters. The summed E-state index contributed by atoms with van der Waals surface area (Å²) in [4.78, 5) is 38.9. The molecule has 0 saturated carbocycles. The lowest BCUT2D eigenvalue weighted by atomic mass is 10.1. The third kappa shape index (κ3) is 5.39. The van der Waals surface area contributed by atoms with Crippen molar-refractivity contribution in [3.8, 4) is 11.5 Å². The molecule has 2 amide bonds. The fourth-order valence-electron chi connectivity index (χ4n) is 3.63. The molecule has 1 aliphatic rings. The molecule has 0 saturated heterocycles. The molecule has 3 rings (SSSR count). The molecule has 0 spiro atoms. The highest BCUT2D eigenvalue weighted by atomic mass is 19.4. The zero-order valence-corrected chi connectivity index (χ0v) is 19.2. The number of hydrogen-bond acceptors (Lipinski definition) is 6. The van der Waals surface area contributed by atoms with Gasteiger partial charge in [0.15, 0.2) is 17.6 Å². The van der Waals surface area contributed by atoms with Crippen molar-refractivity contribution >= 4 is 29.2 Å². The molecule has 1 N–H and O–H groups in total. The van der Waals surface area contributed by atoms with Crippen LogP contribution in [-0.4, -0.2) is 44.7 Å². The second-order valence-corrected chi connectivity index (χ2v) is 7.61. The number of alkyl halides is 3. The Kier molecular flexibility index (Phi) is 7.37. The van der Waals surface area contributed by atoms with Gasteiger partial charge in [0.2, 0.25) is 5.91 Å². The number of amides is 2. The smallest absolute Gasteiger partial charge is 0.416 e. The molecule has 0 radical (unpaired) electrons. The van der Waals surface area contributed by atoms with E-state index in [-0.39, 0.29) is 22.7 Å². The van der Waals surface area contributed by atoms with E-state index in [1.165, 1.54) is 33.3 Å². The Morgan fingerprint density at radius 3 is 2.51 bits per heavy atom. The van der Waals surface area contributed by atoms with Crippen LogP contribution < -0.4 is 19.7 Å². The van der Waals surface area contributed by atoms with Gasteiger partial charge in [0.1, 0.15) is 6.54 Å². The highest BCUT2D eigenvalue weighted by molar-refractivity contribution is 6.11. The Balaban J connectivity index is 1.85. The molecule has 1 unspecified atom stereocenters. The van der Waals surface area contributed by atoms with Crippen molar-refractivity contribution < 1.29 is 41.8 Å². The first-order valence-electron chi connectivity index (χ1n) is 10.4. The number of carbonyl (C=O) groups excluding carboxylic acids is 3. The van der Waals surface area contributed by atoms with E-state index in [4.69, 9.17) is 14.2 Å². The number of fused-ring (bicyclic) bond motifs is 1. The summed E-state index contributed by atoms with van der Waals surface area (Å²) in [5.41, 5.74) is -0.392.